The maximum atomic E-state index is 9.29. The zero-order valence-corrected chi connectivity index (χ0v) is 8.74. The molecule has 0 aromatic heterocycles. The Morgan fingerprint density at radius 2 is 2.00 bits per heavy atom. The molecule has 1 rings (SSSR count). The Morgan fingerprint density at radius 3 is 2.23 bits per heavy atom. The van der Waals surface area contributed by atoms with Gasteiger partial charge in [0.25, 0.3) is 6.47 Å². The third kappa shape index (κ3) is 8.82. The van der Waals surface area contributed by atoms with Gasteiger partial charge in [0.1, 0.15) is 6.61 Å². The second-order valence-corrected chi connectivity index (χ2v) is 2.93. The molecule has 0 N–H and O–H groups in total. The largest absolute Gasteiger partial charge is 0.464 e. The smallest absolute Gasteiger partial charge is 0.293 e. The lowest BCUT2D eigenvalue weighted by atomic mass is 10.4. The lowest BCUT2D eigenvalue weighted by molar-refractivity contribution is -0.127. The van der Waals surface area contributed by atoms with Crippen molar-refractivity contribution in [3.63, 3.8) is 0 Å². The van der Waals surface area contributed by atoms with E-state index >= 15 is 0 Å². The number of hydrogen-bond acceptors (Lipinski definition) is 2. The molecule has 0 fully saturated rings. The van der Waals surface area contributed by atoms with E-state index < -0.39 is 0 Å². The molecule has 0 amide bonds. The van der Waals surface area contributed by atoms with Crippen LogP contribution in [0, 0.1) is 0 Å². The molecule has 3 heteroatoms. The van der Waals surface area contributed by atoms with Crippen LogP contribution < -0.4 is 0 Å². The molecule has 70 valence electrons. The molecule has 0 aliphatic rings. The maximum Gasteiger partial charge on any atom is 0.293 e. The number of rotatable bonds is 3. The van der Waals surface area contributed by atoms with E-state index in [0.717, 1.165) is 4.47 Å². The van der Waals surface area contributed by atoms with Crippen LogP contribution in [0.15, 0.2) is 47.5 Å². The van der Waals surface area contributed by atoms with Crippen LogP contribution in [0.3, 0.4) is 0 Å². The standard InChI is InChI=1S/C6H5Br.C4H6O2/c7-6-4-2-1-3-5-6;1-2-3-6-4-5/h1-5H;2,4H,1,3H2. The maximum absolute atomic E-state index is 9.29. The predicted molar refractivity (Wildman–Crippen MR) is 56.4 cm³/mol. The average molecular weight is 243 g/mol. The summed E-state index contributed by atoms with van der Waals surface area (Å²) < 4.78 is 5.32. The van der Waals surface area contributed by atoms with Crippen molar-refractivity contribution in [3.05, 3.63) is 47.5 Å². The van der Waals surface area contributed by atoms with Crippen LogP contribution in [0.5, 0.6) is 0 Å². The predicted octanol–water partition coefficient (Wildman–Crippen LogP) is 2.79. The summed E-state index contributed by atoms with van der Waals surface area (Å²) in [6, 6.07) is 9.97. The molecular formula is C10H11BrO2. The van der Waals surface area contributed by atoms with Crippen molar-refractivity contribution in [2.24, 2.45) is 0 Å². The highest BCUT2D eigenvalue weighted by Gasteiger charge is 1.74. The molecule has 0 atom stereocenters. The Bertz CT molecular complexity index is 226. The van der Waals surface area contributed by atoms with Crippen molar-refractivity contribution in [3.8, 4) is 0 Å². The van der Waals surface area contributed by atoms with Crippen LogP contribution in [0.2, 0.25) is 0 Å². The first-order chi connectivity index (χ1) is 6.31. The van der Waals surface area contributed by atoms with Crippen LogP contribution in [-0.2, 0) is 9.53 Å². The second kappa shape index (κ2) is 9.00. The normalized spacial score (nSPS) is 7.77. The summed E-state index contributed by atoms with van der Waals surface area (Å²) in [5.41, 5.74) is 0. The van der Waals surface area contributed by atoms with Gasteiger partial charge in [-0.15, -0.1) is 0 Å². The summed E-state index contributed by atoms with van der Waals surface area (Å²) in [6.45, 7) is 4.01. The van der Waals surface area contributed by atoms with E-state index in [-0.39, 0.29) is 0 Å². The van der Waals surface area contributed by atoms with Crippen LogP contribution in [0.25, 0.3) is 0 Å². The Kier molecular flexibility index (Phi) is 8.25. The van der Waals surface area contributed by atoms with Gasteiger partial charge in [-0.25, -0.2) is 0 Å². The number of halogens is 1. The van der Waals surface area contributed by atoms with Crippen molar-refractivity contribution < 1.29 is 9.53 Å². The molecule has 0 unspecified atom stereocenters. The van der Waals surface area contributed by atoms with E-state index in [1.807, 2.05) is 30.3 Å². The summed E-state index contributed by atoms with van der Waals surface area (Å²) >= 11 is 3.31. The molecule has 0 saturated carbocycles. The van der Waals surface area contributed by atoms with Crippen LogP contribution in [0.1, 0.15) is 0 Å². The molecule has 0 bridgehead atoms. The quantitative estimate of drug-likeness (QED) is 0.463. The van der Waals surface area contributed by atoms with E-state index in [1.54, 1.807) is 0 Å². The number of carbonyl (C=O) groups excluding carboxylic acids is 1. The molecule has 0 saturated heterocycles. The summed E-state index contributed by atoms with van der Waals surface area (Å²) in [4.78, 5) is 9.29. The van der Waals surface area contributed by atoms with Gasteiger partial charge < -0.3 is 4.74 Å². The monoisotopic (exact) mass is 242 g/mol. The summed E-state index contributed by atoms with van der Waals surface area (Å²) in [5, 5.41) is 0. The minimum atomic E-state index is 0.309. The van der Waals surface area contributed by atoms with E-state index in [9.17, 15) is 4.79 Å². The number of carbonyl (C=O) groups is 1. The first kappa shape index (κ1) is 11.9. The van der Waals surface area contributed by atoms with E-state index in [0.29, 0.717) is 13.1 Å². The van der Waals surface area contributed by atoms with E-state index in [2.05, 4.69) is 27.2 Å². The highest BCUT2D eigenvalue weighted by Crippen LogP contribution is 2.05. The second-order valence-electron chi connectivity index (χ2n) is 2.01. The van der Waals surface area contributed by atoms with Gasteiger partial charge in [-0.1, -0.05) is 46.8 Å². The number of ether oxygens (including phenoxy) is 1. The molecule has 0 aliphatic heterocycles. The minimum absolute atomic E-state index is 0.309. The van der Waals surface area contributed by atoms with Gasteiger partial charge in [0, 0.05) is 4.47 Å². The Hall–Kier alpha value is -1.09. The number of hydrogen-bond donors (Lipinski definition) is 0. The lowest BCUT2D eigenvalue weighted by Crippen LogP contribution is -1.83. The summed E-state index contributed by atoms with van der Waals surface area (Å²) in [5.74, 6) is 0. The zero-order valence-electron chi connectivity index (χ0n) is 7.15. The summed E-state index contributed by atoms with van der Waals surface area (Å²) in [7, 11) is 0. The molecule has 1 aromatic carbocycles. The van der Waals surface area contributed by atoms with Gasteiger partial charge in [-0.05, 0) is 12.1 Å². The van der Waals surface area contributed by atoms with Crippen molar-refractivity contribution in [2.75, 3.05) is 6.61 Å². The van der Waals surface area contributed by atoms with Crippen molar-refractivity contribution in [1.29, 1.82) is 0 Å². The van der Waals surface area contributed by atoms with Gasteiger partial charge >= 0.3 is 0 Å². The van der Waals surface area contributed by atoms with Gasteiger partial charge in [0.2, 0.25) is 0 Å². The Balaban J connectivity index is 0.000000226. The highest BCUT2D eigenvalue weighted by atomic mass is 79.9. The zero-order chi connectivity index (χ0) is 9.94. The van der Waals surface area contributed by atoms with Crippen LogP contribution in [0.4, 0.5) is 0 Å². The van der Waals surface area contributed by atoms with E-state index in [1.165, 1.54) is 6.08 Å². The van der Waals surface area contributed by atoms with Gasteiger partial charge in [-0.2, -0.15) is 0 Å². The molecule has 1 aromatic rings. The average Bonchev–Trinajstić information content (AvgIpc) is 2.17. The molecule has 0 radical (unpaired) electrons. The highest BCUT2D eigenvalue weighted by molar-refractivity contribution is 9.10. The Morgan fingerprint density at radius 1 is 1.38 bits per heavy atom. The fourth-order valence-corrected chi connectivity index (χ4v) is 0.827. The van der Waals surface area contributed by atoms with Crippen LogP contribution in [-0.4, -0.2) is 13.1 Å². The van der Waals surface area contributed by atoms with Gasteiger partial charge in [0.05, 0.1) is 0 Å². The molecular weight excluding hydrogens is 232 g/mol. The third-order valence-electron chi connectivity index (χ3n) is 1.02. The minimum Gasteiger partial charge on any atom is -0.464 e. The fourth-order valence-electron chi connectivity index (χ4n) is 0.522. The first-order valence-electron chi connectivity index (χ1n) is 3.68. The Labute approximate surface area is 86.4 Å². The van der Waals surface area contributed by atoms with Gasteiger partial charge in [-0.3, -0.25) is 4.79 Å². The summed E-state index contributed by atoms with van der Waals surface area (Å²) in [6.07, 6.45) is 1.51. The fraction of sp³-hybridized carbons (Fsp3) is 0.100. The van der Waals surface area contributed by atoms with Crippen LogP contribution >= 0.6 is 15.9 Å². The third-order valence-corrected chi connectivity index (χ3v) is 1.54. The molecule has 0 heterocycles. The molecule has 0 aliphatic carbocycles. The lowest BCUT2D eigenvalue weighted by Gasteiger charge is -1.82. The molecule has 13 heavy (non-hydrogen) atoms. The molecule has 2 nitrogen and oxygen atoms in total. The number of benzene rings is 1. The topological polar surface area (TPSA) is 26.3 Å². The first-order valence-corrected chi connectivity index (χ1v) is 4.47. The van der Waals surface area contributed by atoms with E-state index in [4.69, 9.17) is 0 Å². The van der Waals surface area contributed by atoms with Crippen molar-refractivity contribution in [1.82, 2.24) is 0 Å². The van der Waals surface area contributed by atoms with Gasteiger partial charge in [0.15, 0.2) is 0 Å². The van der Waals surface area contributed by atoms with Crippen molar-refractivity contribution >= 4 is 22.4 Å². The van der Waals surface area contributed by atoms with Crippen molar-refractivity contribution in [2.45, 2.75) is 0 Å². The molecule has 0 spiro atoms. The SMILES string of the molecule is Brc1ccccc1.C=CCOC=O.